The summed E-state index contributed by atoms with van der Waals surface area (Å²) in [6, 6.07) is 0. The number of rotatable bonds is 5. The van der Waals surface area contributed by atoms with Gasteiger partial charge in [-0.25, -0.2) is 9.97 Å². The van der Waals surface area contributed by atoms with Crippen molar-refractivity contribution < 1.29 is 4.79 Å². The number of hydrogen-bond acceptors (Lipinski definition) is 5. The molecule has 3 heterocycles. The highest BCUT2D eigenvalue weighted by molar-refractivity contribution is 5.87. The van der Waals surface area contributed by atoms with Gasteiger partial charge in [0.15, 0.2) is 5.82 Å². The molecule has 0 aliphatic carbocycles. The van der Waals surface area contributed by atoms with Crippen molar-refractivity contribution in [2.75, 3.05) is 33.7 Å². The standard InChI is InChI=1S/C18H24N6O/c1-23(2)11-4-6-15(25)24-12-3-5-14(13-24)16-17(20-8-7-19-16)18-21-9-10-22-18/h4,6-10,14H,3,5,11-13H2,1-2H3,(H,21,22)/b6-4+. The molecule has 0 aromatic carbocycles. The van der Waals surface area contributed by atoms with E-state index in [1.54, 1.807) is 30.9 Å². The van der Waals surface area contributed by atoms with Crippen LogP contribution >= 0.6 is 0 Å². The Hall–Kier alpha value is -2.54. The normalized spacial score (nSPS) is 18.2. The molecule has 1 unspecified atom stereocenters. The summed E-state index contributed by atoms with van der Waals surface area (Å²) in [7, 11) is 3.96. The number of aromatic nitrogens is 4. The Morgan fingerprint density at radius 2 is 2.16 bits per heavy atom. The van der Waals surface area contributed by atoms with Gasteiger partial charge in [-0.3, -0.25) is 9.78 Å². The third-order valence-electron chi connectivity index (χ3n) is 4.30. The lowest BCUT2D eigenvalue weighted by molar-refractivity contribution is -0.127. The number of hydrogen-bond donors (Lipinski definition) is 1. The molecule has 1 fully saturated rings. The summed E-state index contributed by atoms with van der Waals surface area (Å²) in [6.07, 6.45) is 12.4. The van der Waals surface area contributed by atoms with E-state index in [0.29, 0.717) is 6.54 Å². The Bertz CT molecular complexity index is 725. The van der Waals surface area contributed by atoms with Gasteiger partial charge in [0.1, 0.15) is 5.69 Å². The van der Waals surface area contributed by atoms with Crippen LogP contribution < -0.4 is 0 Å². The lowest BCUT2D eigenvalue weighted by atomic mass is 9.93. The summed E-state index contributed by atoms with van der Waals surface area (Å²) in [5.74, 6) is 0.959. The number of piperidine rings is 1. The maximum absolute atomic E-state index is 12.4. The average molecular weight is 340 g/mol. The highest BCUT2D eigenvalue weighted by Gasteiger charge is 2.27. The van der Waals surface area contributed by atoms with Gasteiger partial charge >= 0.3 is 0 Å². The largest absolute Gasteiger partial charge is 0.343 e. The third-order valence-corrected chi connectivity index (χ3v) is 4.30. The number of likely N-dealkylation sites (N-methyl/N-ethyl adjacent to an activating group) is 1. The fourth-order valence-electron chi connectivity index (χ4n) is 3.10. The van der Waals surface area contributed by atoms with Crippen LogP contribution in [-0.4, -0.2) is 69.4 Å². The van der Waals surface area contributed by atoms with E-state index in [2.05, 4.69) is 19.9 Å². The second-order valence-corrected chi connectivity index (χ2v) is 6.52. The first-order valence-electron chi connectivity index (χ1n) is 8.56. The smallest absolute Gasteiger partial charge is 0.246 e. The Morgan fingerprint density at radius 3 is 2.92 bits per heavy atom. The molecule has 0 radical (unpaired) electrons. The molecule has 132 valence electrons. The molecule has 7 nitrogen and oxygen atoms in total. The highest BCUT2D eigenvalue weighted by Crippen LogP contribution is 2.30. The zero-order valence-electron chi connectivity index (χ0n) is 14.7. The first-order chi connectivity index (χ1) is 12.1. The van der Waals surface area contributed by atoms with Gasteiger partial charge in [-0.2, -0.15) is 0 Å². The van der Waals surface area contributed by atoms with Gasteiger partial charge in [0.05, 0.1) is 5.69 Å². The van der Waals surface area contributed by atoms with Crippen LogP contribution in [0.1, 0.15) is 24.5 Å². The van der Waals surface area contributed by atoms with Crippen molar-refractivity contribution in [1.29, 1.82) is 0 Å². The zero-order chi connectivity index (χ0) is 17.6. The molecule has 0 spiro atoms. The SMILES string of the molecule is CN(C)C/C=C/C(=O)N1CCCC(c2nccnc2-c2ncc[nH]2)C1. The minimum atomic E-state index is 0.0648. The number of nitrogens with zero attached hydrogens (tertiary/aromatic N) is 5. The van der Waals surface area contributed by atoms with Crippen LogP contribution in [0.15, 0.2) is 36.9 Å². The molecule has 3 rings (SSSR count). The van der Waals surface area contributed by atoms with Crippen LogP contribution in [0.5, 0.6) is 0 Å². The Morgan fingerprint density at radius 1 is 1.32 bits per heavy atom. The van der Waals surface area contributed by atoms with Crippen molar-refractivity contribution in [3.05, 3.63) is 42.6 Å². The van der Waals surface area contributed by atoms with E-state index in [4.69, 9.17) is 0 Å². The first kappa shape index (κ1) is 17.3. The summed E-state index contributed by atoms with van der Waals surface area (Å²) in [5.41, 5.74) is 1.68. The van der Waals surface area contributed by atoms with Gasteiger partial charge < -0.3 is 14.8 Å². The second-order valence-electron chi connectivity index (χ2n) is 6.52. The summed E-state index contributed by atoms with van der Waals surface area (Å²) in [6.45, 7) is 2.21. The van der Waals surface area contributed by atoms with E-state index >= 15 is 0 Å². The van der Waals surface area contributed by atoms with Crippen LogP contribution in [0.3, 0.4) is 0 Å². The van der Waals surface area contributed by atoms with Crippen molar-refractivity contribution in [2.24, 2.45) is 0 Å². The quantitative estimate of drug-likeness (QED) is 0.838. The molecule has 1 N–H and O–H groups in total. The van der Waals surface area contributed by atoms with Crippen LogP contribution in [-0.2, 0) is 4.79 Å². The van der Waals surface area contributed by atoms with Crippen LogP contribution in [0.25, 0.3) is 11.5 Å². The van der Waals surface area contributed by atoms with Crippen molar-refractivity contribution in [3.8, 4) is 11.5 Å². The Kier molecular flexibility index (Phi) is 5.55. The monoisotopic (exact) mass is 340 g/mol. The summed E-state index contributed by atoms with van der Waals surface area (Å²) in [4.78, 5) is 32.8. The molecule has 1 saturated heterocycles. The van der Waals surface area contributed by atoms with Gasteiger partial charge in [-0.05, 0) is 26.9 Å². The Labute approximate surface area is 147 Å². The van der Waals surface area contributed by atoms with E-state index in [9.17, 15) is 4.79 Å². The summed E-state index contributed by atoms with van der Waals surface area (Å²) >= 11 is 0. The van der Waals surface area contributed by atoms with Crippen molar-refractivity contribution in [1.82, 2.24) is 29.7 Å². The molecule has 7 heteroatoms. The molecular formula is C18H24N6O. The molecular weight excluding hydrogens is 316 g/mol. The van der Waals surface area contributed by atoms with E-state index in [-0.39, 0.29) is 11.8 Å². The van der Waals surface area contributed by atoms with E-state index in [0.717, 1.165) is 43.1 Å². The molecule has 0 saturated carbocycles. The molecule has 1 aliphatic heterocycles. The predicted octanol–water partition coefficient (Wildman–Crippen LogP) is 1.69. The van der Waals surface area contributed by atoms with Gasteiger partial charge in [-0.1, -0.05) is 6.08 Å². The molecule has 2 aromatic heterocycles. The van der Waals surface area contributed by atoms with Crippen LogP contribution in [0, 0.1) is 0 Å². The molecule has 2 aromatic rings. The molecule has 0 bridgehead atoms. The van der Waals surface area contributed by atoms with E-state index in [1.165, 1.54) is 0 Å². The first-order valence-corrected chi connectivity index (χ1v) is 8.56. The second kappa shape index (κ2) is 8.02. The molecule has 1 atom stereocenters. The molecule has 1 amide bonds. The number of likely N-dealkylation sites (tertiary alicyclic amines) is 1. The third kappa shape index (κ3) is 4.30. The van der Waals surface area contributed by atoms with Gasteiger partial charge in [0, 0.05) is 56.4 Å². The maximum Gasteiger partial charge on any atom is 0.246 e. The zero-order valence-corrected chi connectivity index (χ0v) is 14.7. The van der Waals surface area contributed by atoms with E-state index < -0.39 is 0 Å². The number of nitrogens with one attached hydrogen (secondary N) is 1. The number of H-pyrrole nitrogens is 1. The van der Waals surface area contributed by atoms with Crippen LogP contribution in [0.4, 0.5) is 0 Å². The minimum Gasteiger partial charge on any atom is -0.343 e. The topological polar surface area (TPSA) is 78.0 Å². The number of amides is 1. The fraction of sp³-hybridized carbons (Fsp3) is 0.444. The molecule has 1 aliphatic rings. The van der Waals surface area contributed by atoms with Crippen molar-refractivity contribution in [2.45, 2.75) is 18.8 Å². The number of carbonyl (C=O) groups excluding carboxylic acids is 1. The van der Waals surface area contributed by atoms with Gasteiger partial charge in [0.25, 0.3) is 0 Å². The predicted molar refractivity (Wildman–Crippen MR) is 95.9 cm³/mol. The van der Waals surface area contributed by atoms with Crippen LogP contribution in [0.2, 0.25) is 0 Å². The molecule has 25 heavy (non-hydrogen) atoms. The minimum absolute atomic E-state index is 0.0648. The number of carbonyl (C=O) groups is 1. The number of imidazole rings is 1. The number of aromatic amines is 1. The van der Waals surface area contributed by atoms with Crippen molar-refractivity contribution in [3.63, 3.8) is 0 Å². The van der Waals surface area contributed by atoms with Crippen molar-refractivity contribution >= 4 is 5.91 Å². The van der Waals surface area contributed by atoms with Gasteiger partial charge in [-0.15, -0.1) is 0 Å². The van der Waals surface area contributed by atoms with Gasteiger partial charge in [0.2, 0.25) is 5.91 Å². The lowest BCUT2D eigenvalue weighted by Gasteiger charge is -2.32. The summed E-state index contributed by atoms with van der Waals surface area (Å²) in [5, 5.41) is 0. The maximum atomic E-state index is 12.4. The Balaban J connectivity index is 1.74. The highest BCUT2D eigenvalue weighted by atomic mass is 16.2. The fourth-order valence-corrected chi connectivity index (χ4v) is 3.10. The average Bonchev–Trinajstić information content (AvgIpc) is 3.16. The lowest BCUT2D eigenvalue weighted by Crippen LogP contribution is -2.38. The van der Waals surface area contributed by atoms with E-state index in [1.807, 2.05) is 30.0 Å². The summed E-state index contributed by atoms with van der Waals surface area (Å²) < 4.78 is 0.